The number of rotatable bonds is 10. The highest BCUT2D eigenvalue weighted by Gasteiger charge is 2.51. The van der Waals surface area contributed by atoms with Gasteiger partial charge in [0.05, 0.1) is 12.2 Å². The Bertz CT molecular complexity index is 281. The van der Waals surface area contributed by atoms with Crippen molar-refractivity contribution in [3.05, 3.63) is 0 Å². The quantitative estimate of drug-likeness (QED) is 0.546. The molecule has 0 aromatic rings. The summed E-state index contributed by atoms with van der Waals surface area (Å²) in [5, 5.41) is 0. The van der Waals surface area contributed by atoms with Crippen LogP contribution in [0.4, 0.5) is 0 Å². The largest absolute Gasteiger partial charge is 0.333 e. The van der Waals surface area contributed by atoms with Crippen molar-refractivity contribution < 1.29 is 9.47 Å². The van der Waals surface area contributed by atoms with Crippen molar-refractivity contribution >= 4 is 0 Å². The molecule has 2 saturated heterocycles. The second kappa shape index (κ2) is 8.50. The van der Waals surface area contributed by atoms with Crippen molar-refractivity contribution in [1.29, 1.82) is 0 Å². The monoisotopic (exact) mass is 297 g/mol. The smallest absolute Gasteiger partial charge is 0.230 e. The predicted molar refractivity (Wildman–Crippen MR) is 87.2 cm³/mol. The van der Waals surface area contributed by atoms with Crippen LogP contribution in [0.3, 0.4) is 0 Å². The average Bonchev–Trinajstić information content (AvgIpc) is 2.87. The molecule has 2 aliphatic rings. The molecule has 2 heterocycles. The van der Waals surface area contributed by atoms with Crippen LogP contribution in [0.2, 0.25) is 0 Å². The highest BCUT2D eigenvalue weighted by Crippen LogP contribution is 2.39. The summed E-state index contributed by atoms with van der Waals surface area (Å²) >= 11 is 0. The van der Waals surface area contributed by atoms with Gasteiger partial charge in [0.15, 0.2) is 0 Å². The van der Waals surface area contributed by atoms with Crippen LogP contribution in [0.25, 0.3) is 0 Å². The fourth-order valence-electron chi connectivity index (χ4n) is 3.79. The van der Waals surface area contributed by atoms with Crippen LogP contribution in [0.15, 0.2) is 0 Å². The lowest BCUT2D eigenvalue weighted by atomic mass is 10.1. The van der Waals surface area contributed by atoms with E-state index < -0.39 is 0 Å². The highest BCUT2D eigenvalue weighted by atomic mass is 16.7. The van der Waals surface area contributed by atoms with E-state index in [0.717, 1.165) is 19.5 Å². The van der Waals surface area contributed by atoms with Crippen LogP contribution in [0.1, 0.15) is 85.0 Å². The molecular formula is C18H35NO2. The molecule has 2 atom stereocenters. The summed E-state index contributed by atoms with van der Waals surface area (Å²) < 4.78 is 12.2. The van der Waals surface area contributed by atoms with Gasteiger partial charge in [-0.1, -0.05) is 58.3 Å². The van der Waals surface area contributed by atoms with Gasteiger partial charge in [-0.3, -0.25) is 0 Å². The van der Waals surface area contributed by atoms with Gasteiger partial charge in [-0.25, -0.2) is 4.90 Å². The van der Waals surface area contributed by atoms with Crippen molar-refractivity contribution in [2.45, 2.75) is 103 Å². The summed E-state index contributed by atoms with van der Waals surface area (Å²) in [5.41, 5.74) is 0. The van der Waals surface area contributed by atoms with Crippen molar-refractivity contribution in [1.82, 2.24) is 4.90 Å². The Labute approximate surface area is 131 Å². The van der Waals surface area contributed by atoms with Crippen LogP contribution in [0, 0.1) is 0 Å². The first-order valence-electron chi connectivity index (χ1n) is 9.27. The van der Waals surface area contributed by atoms with E-state index in [2.05, 4.69) is 25.7 Å². The van der Waals surface area contributed by atoms with Crippen LogP contribution in [-0.2, 0) is 9.47 Å². The predicted octanol–water partition coefficient (Wildman–Crippen LogP) is 4.70. The Hall–Kier alpha value is -0.120. The van der Waals surface area contributed by atoms with E-state index >= 15 is 0 Å². The molecule has 3 heteroatoms. The maximum absolute atomic E-state index is 6.12. The van der Waals surface area contributed by atoms with E-state index in [1.165, 1.54) is 57.8 Å². The molecule has 2 aliphatic heterocycles. The first-order chi connectivity index (χ1) is 10.2. The Kier molecular flexibility index (Phi) is 6.97. The normalized spacial score (nSPS) is 28.1. The summed E-state index contributed by atoms with van der Waals surface area (Å²) in [6.45, 7) is 8.65. The Morgan fingerprint density at radius 2 is 1.29 bits per heavy atom. The van der Waals surface area contributed by atoms with Crippen LogP contribution in [0.5, 0.6) is 0 Å². The molecule has 0 radical (unpaired) electrons. The molecule has 124 valence electrons. The van der Waals surface area contributed by atoms with Crippen LogP contribution in [-0.4, -0.2) is 36.1 Å². The van der Waals surface area contributed by atoms with E-state index in [9.17, 15) is 0 Å². The lowest BCUT2D eigenvalue weighted by Crippen LogP contribution is -2.40. The maximum atomic E-state index is 6.12. The van der Waals surface area contributed by atoms with Crippen molar-refractivity contribution in [2.75, 3.05) is 13.1 Å². The van der Waals surface area contributed by atoms with Gasteiger partial charge in [-0.05, 0) is 20.3 Å². The molecule has 0 aromatic carbocycles. The number of fused-ring (bicyclic) bond motifs is 1. The number of hydrogen-bond acceptors (Lipinski definition) is 3. The average molecular weight is 297 g/mol. The van der Waals surface area contributed by atoms with Crippen molar-refractivity contribution in [3.63, 3.8) is 0 Å². The van der Waals surface area contributed by atoms with Gasteiger partial charge in [-0.2, -0.15) is 0 Å². The molecule has 2 rings (SSSR count). The minimum absolute atomic E-state index is 0.316. The summed E-state index contributed by atoms with van der Waals surface area (Å²) in [4.78, 5) is 2.41. The molecule has 0 spiro atoms. The summed E-state index contributed by atoms with van der Waals surface area (Å²) in [5.74, 6) is -0.375. The van der Waals surface area contributed by atoms with Gasteiger partial charge in [0.1, 0.15) is 0 Å². The van der Waals surface area contributed by atoms with Crippen molar-refractivity contribution in [3.8, 4) is 0 Å². The Morgan fingerprint density at radius 3 is 1.81 bits per heavy atom. The molecule has 3 nitrogen and oxygen atoms in total. The van der Waals surface area contributed by atoms with Crippen LogP contribution >= 0.6 is 0 Å². The molecule has 0 aliphatic carbocycles. The van der Waals surface area contributed by atoms with Gasteiger partial charge >= 0.3 is 0 Å². The van der Waals surface area contributed by atoms with Crippen molar-refractivity contribution in [2.24, 2.45) is 0 Å². The second-order valence-corrected chi connectivity index (χ2v) is 7.05. The minimum atomic E-state index is -0.375. The molecule has 0 bridgehead atoms. The van der Waals surface area contributed by atoms with Gasteiger partial charge in [0, 0.05) is 19.5 Å². The summed E-state index contributed by atoms with van der Waals surface area (Å²) in [7, 11) is 0. The van der Waals surface area contributed by atoms with Gasteiger partial charge in [0.2, 0.25) is 5.91 Å². The SMILES string of the molecule is CCCCCCCCCCCC12O[C@H](C)CN1C[C@@H](C)O2. The molecular weight excluding hydrogens is 262 g/mol. The maximum Gasteiger partial charge on any atom is 0.230 e. The fourth-order valence-corrected chi connectivity index (χ4v) is 3.79. The van der Waals surface area contributed by atoms with E-state index in [1.54, 1.807) is 0 Å². The molecule has 21 heavy (non-hydrogen) atoms. The Morgan fingerprint density at radius 1 is 0.810 bits per heavy atom. The second-order valence-electron chi connectivity index (χ2n) is 7.05. The number of unbranched alkanes of at least 4 members (excludes halogenated alkanes) is 8. The molecule has 0 saturated carbocycles. The number of nitrogens with zero attached hydrogens (tertiary/aromatic N) is 1. The first-order valence-corrected chi connectivity index (χ1v) is 9.27. The van der Waals surface area contributed by atoms with E-state index in [0.29, 0.717) is 12.2 Å². The minimum Gasteiger partial charge on any atom is -0.333 e. The zero-order chi connectivity index (χ0) is 15.1. The van der Waals surface area contributed by atoms with E-state index in [1.807, 2.05) is 0 Å². The first kappa shape index (κ1) is 17.2. The number of ether oxygens (including phenoxy) is 2. The number of hydrogen-bond donors (Lipinski definition) is 0. The Balaban J connectivity index is 1.56. The zero-order valence-corrected chi connectivity index (χ0v) is 14.4. The third-order valence-corrected chi connectivity index (χ3v) is 4.80. The summed E-state index contributed by atoms with van der Waals surface area (Å²) in [6, 6.07) is 0. The lowest BCUT2D eigenvalue weighted by Gasteiger charge is -2.29. The fraction of sp³-hybridized carbons (Fsp3) is 1.00. The van der Waals surface area contributed by atoms with E-state index in [-0.39, 0.29) is 5.91 Å². The van der Waals surface area contributed by atoms with Gasteiger partial charge < -0.3 is 9.47 Å². The third-order valence-electron chi connectivity index (χ3n) is 4.80. The summed E-state index contributed by atoms with van der Waals surface area (Å²) in [6.07, 6.45) is 14.0. The molecule has 0 unspecified atom stereocenters. The zero-order valence-electron chi connectivity index (χ0n) is 14.4. The molecule has 0 N–H and O–H groups in total. The van der Waals surface area contributed by atoms with E-state index in [4.69, 9.17) is 9.47 Å². The lowest BCUT2D eigenvalue weighted by molar-refractivity contribution is -0.257. The topological polar surface area (TPSA) is 21.7 Å². The van der Waals surface area contributed by atoms with Crippen LogP contribution < -0.4 is 0 Å². The molecule has 0 aromatic heterocycles. The highest BCUT2D eigenvalue weighted by molar-refractivity contribution is 4.89. The van der Waals surface area contributed by atoms with Gasteiger partial charge in [-0.15, -0.1) is 0 Å². The standard InChI is InChI=1S/C18H35NO2/c1-4-5-6-7-8-9-10-11-12-13-18-19(14-16(2)20-18)15-17(3)21-18/h16-17H,4-15H2,1-3H3/t16-,17-/m1/s1. The third kappa shape index (κ3) is 4.94. The van der Waals surface area contributed by atoms with Gasteiger partial charge in [0.25, 0.3) is 0 Å². The molecule has 0 amide bonds. The molecule has 2 fully saturated rings.